The van der Waals surface area contributed by atoms with Gasteiger partial charge in [0.2, 0.25) is 0 Å². The van der Waals surface area contributed by atoms with Crippen LogP contribution in [0.1, 0.15) is 0 Å². The number of pyridine rings is 1. The van der Waals surface area contributed by atoms with Crippen LogP contribution < -0.4 is 0 Å². The van der Waals surface area contributed by atoms with Crippen LogP contribution in [-0.4, -0.2) is 19.9 Å². The molecule has 11 rings (SSSR count). The summed E-state index contributed by atoms with van der Waals surface area (Å²) in [5.41, 5.74) is 8.26. The molecule has 0 saturated carbocycles. The van der Waals surface area contributed by atoms with Crippen molar-refractivity contribution in [3.63, 3.8) is 0 Å². The maximum Gasteiger partial charge on any atom is 0.164 e. The Morgan fingerprint density at radius 3 is 1.89 bits per heavy atom. The number of furan rings is 1. The maximum absolute atomic E-state index is 15.2. The van der Waals surface area contributed by atoms with Gasteiger partial charge >= 0.3 is 0 Å². The van der Waals surface area contributed by atoms with E-state index in [9.17, 15) is 0 Å². The van der Waals surface area contributed by atoms with Crippen molar-refractivity contribution in [3.05, 3.63) is 170 Å². The normalized spacial score (nSPS) is 11.7. The van der Waals surface area contributed by atoms with Crippen LogP contribution in [0.2, 0.25) is 0 Å². The van der Waals surface area contributed by atoms with Crippen molar-refractivity contribution < 1.29 is 8.81 Å². The van der Waals surface area contributed by atoms with Gasteiger partial charge in [-0.05, 0) is 88.1 Å². The molecule has 4 aromatic heterocycles. The molecule has 0 spiro atoms. The zero-order valence-electron chi connectivity index (χ0n) is 29.1. The van der Waals surface area contributed by atoms with E-state index in [-0.39, 0.29) is 5.82 Å². The summed E-state index contributed by atoms with van der Waals surface area (Å²) in [6, 6.07) is 50.3. The van der Waals surface area contributed by atoms with E-state index >= 15 is 4.39 Å². The van der Waals surface area contributed by atoms with Crippen molar-refractivity contribution in [2.75, 3.05) is 0 Å². The van der Waals surface area contributed by atoms with Gasteiger partial charge in [0.25, 0.3) is 0 Å². The van der Waals surface area contributed by atoms with Crippen LogP contribution in [-0.2, 0) is 0 Å². The second kappa shape index (κ2) is 12.5. The molecule has 0 atom stereocenters. The van der Waals surface area contributed by atoms with Crippen LogP contribution in [0.25, 0.3) is 109 Å². The molecule has 0 unspecified atom stereocenters. The highest BCUT2D eigenvalue weighted by Crippen LogP contribution is 2.40. The van der Waals surface area contributed by atoms with Crippen LogP contribution >= 0.6 is 11.3 Å². The first kappa shape index (κ1) is 31.4. The molecule has 11 aromatic rings. The SMILES string of the molecule is Fc1cc(-c2nc(-c3ccc4c(c3)sc3cc(-c5cccnc5)ccc34)nc(-c3ccc4oc5cc(-c6ccccc6)ccc5c4c3)n2)c2ccccc2c1. The first-order chi connectivity index (χ1) is 27.1. The lowest BCUT2D eigenvalue weighted by Gasteiger charge is -2.11. The highest BCUT2D eigenvalue weighted by molar-refractivity contribution is 7.25. The topological polar surface area (TPSA) is 64.7 Å². The number of hydrogen-bond acceptors (Lipinski definition) is 6. The van der Waals surface area contributed by atoms with E-state index in [2.05, 4.69) is 83.8 Å². The molecule has 5 nitrogen and oxygen atoms in total. The molecule has 4 heterocycles. The number of fused-ring (bicyclic) bond motifs is 7. The zero-order valence-corrected chi connectivity index (χ0v) is 29.9. The number of benzene rings is 7. The van der Waals surface area contributed by atoms with Crippen molar-refractivity contribution >= 4 is 64.2 Å². The Labute approximate surface area is 318 Å². The number of hydrogen-bond donors (Lipinski definition) is 0. The van der Waals surface area contributed by atoms with E-state index in [0.29, 0.717) is 23.0 Å². The molecule has 0 radical (unpaired) electrons. The summed E-state index contributed by atoms with van der Waals surface area (Å²) in [5, 5.41) is 5.97. The lowest BCUT2D eigenvalue weighted by atomic mass is 10.0. The number of halogens is 1. The molecular formula is C48H27FN4OS. The number of thiophene rings is 1. The third-order valence-electron chi connectivity index (χ3n) is 10.3. The maximum atomic E-state index is 15.2. The summed E-state index contributed by atoms with van der Waals surface area (Å²) in [6.45, 7) is 0. The third kappa shape index (κ3) is 5.44. The Balaban J connectivity index is 1.08. The predicted molar refractivity (Wildman–Crippen MR) is 222 cm³/mol. The Bertz CT molecular complexity index is 3280. The molecular weight excluding hydrogens is 700 g/mol. The Kier molecular flexibility index (Phi) is 7.15. The molecule has 0 amide bonds. The van der Waals surface area contributed by atoms with E-state index in [1.54, 1.807) is 17.5 Å². The highest BCUT2D eigenvalue weighted by atomic mass is 32.1. The predicted octanol–water partition coefficient (Wildman–Crippen LogP) is 13.2. The molecule has 0 aliphatic heterocycles. The van der Waals surface area contributed by atoms with Gasteiger partial charge in [0, 0.05) is 65.6 Å². The number of rotatable bonds is 5. The van der Waals surface area contributed by atoms with Gasteiger partial charge in [-0.3, -0.25) is 4.98 Å². The van der Waals surface area contributed by atoms with Gasteiger partial charge in [-0.15, -0.1) is 11.3 Å². The lowest BCUT2D eigenvalue weighted by molar-refractivity contribution is 0.630. The molecule has 7 heteroatoms. The summed E-state index contributed by atoms with van der Waals surface area (Å²) in [7, 11) is 0. The quantitative estimate of drug-likeness (QED) is 0.177. The standard InChI is InChI=1S/C48H27FN4OS/c49-35-21-31-9-4-5-11-36(31)41(26-35)48-52-46(32-15-19-42-40(22-32)37-16-12-29(23-43(37)54-42)28-7-2-1-3-8-28)51-47(53-48)33-14-18-39-38-17-13-30(34-10-6-20-50-27-34)24-44(38)55-45(39)25-33/h1-27H. The largest absolute Gasteiger partial charge is 0.456 e. The van der Waals surface area contributed by atoms with Crippen LogP contribution in [0.3, 0.4) is 0 Å². The van der Waals surface area contributed by atoms with Crippen LogP contribution in [0, 0.1) is 5.82 Å². The number of nitrogens with zero attached hydrogens (tertiary/aromatic N) is 4. The second-order valence-corrected chi connectivity index (χ2v) is 14.7. The minimum atomic E-state index is -0.351. The molecule has 0 aliphatic rings. The first-order valence-electron chi connectivity index (χ1n) is 18.0. The van der Waals surface area contributed by atoms with Crippen molar-refractivity contribution in [1.29, 1.82) is 0 Å². The zero-order chi connectivity index (χ0) is 36.5. The van der Waals surface area contributed by atoms with Gasteiger partial charge < -0.3 is 4.42 Å². The van der Waals surface area contributed by atoms with Crippen molar-refractivity contribution in [2.24, 2.45) is 0 Å². The molecule has 258 valence electrons. The van der Waals surface area contributed by atoms with Gasteiger partial charge in [-0.1, -0.05) is 91.0 Å². The molecule has 0 bridgehead atoms. The number of aromatic nitrogens is 4. The summed E-state index contributed by atoms with van der Waals surface area (Å²) in [5.74, 6) is 1.05. The molecule has 0 aliphatic carbocycles. The van der Waals surface area contributed by atoms with Gasteiger partial charge in [-0.25, -0.2) is 19.3 Å². The smallest absolute Gasteiger partial charge is 0.164 e. The van der Waals surface area contributed by atoms with Gasteiger partial charge in [0.05, 0.1) is 0 Å². The minimum Gasteiger partial charge on any atom is -0.456 e. The average Bonchev–Trinajstić information content (AvgIpc) is 3.80. The summed E-state index contributed by atoms with van der Waals surface area (Å²) in [6.07, 6.45) is 3.68. The van der Waals surface area contributed by atoms with E-state index in [1.165, 1.54) is 27.6 Å². The summed E-state index contributed by atoms with van der Waals surface area (Å²) < 4.78 is 23.8. The van der Waals surface area contributed by atoms with Gasteiger partial charge in [0.15, 0.2) is 17.5 Å². The van der Waals surface area contributed by atoms with E-state index in [4.69, 9.17) is 19.4 Å². The fourth-order valence-electron chi connectivity index (χ4n) is 7.57. The van der Waals surface area contributed by atoms with Crippen molar-refractivity contribution in [3.8, 4) is 56.4 Å². The van der Waals surface area contributed by atoms with Gasteiger partial charge in [0.1, 0.15) is 17.0 Å². The van der Waals surface area contributed by atoms with Crippen LogP contribution in [0.5, 0.6) is 0 Å². The van der Waals surface area contributed by atoms with Gasteiger partial charge in [-0.2, -0.15) is 0 Å². The van der Waals surface area contributed by atoms with Crippen molar-refractivity contribution in [2.45, 2.75) is 0 Å². The second-order valence-electron chi connectivity index (χ2n) is 13.6. The Morgan fingerprint density at radius 2 is 1.09 bits per heavy atom. The fraction of sp³-hybridized carbons (Fsp3) is 0. The monoisotopic (exact) mass is 726 g/mol. The molecule has 0 N–H and O–H groups in total. The molecule has 55 heavy (non-hydrogen) atoms. The Hall–Kier alpha value is -7.09. The van der Waals surface area contributed by atoms with E-state index in [0.717, 1.165) is 70.8 Å². The molecule has 7 aromatic carbocycles. The minimum absolute atomic E-state index is 0.351. The van der Waals surface area contributed by atoms with E-state index in [1.807, 2.05) is 66.9 Å². The highest BCUT2D eigenvalue weighted by Gasteiger charge is 2.18. The first-order valence-corrected chi connectivity index (χ1v) is 18.8. The Morgan fingerprint density at radius 1 is 0.436 bits per heavy atom. The van der Waals surface area contributed by atoms with Crippen molar-refractivity contribution in [1.82, 2.24) is 19.9 Å². The average molecular weight is 727 g/mol. The summed E-state index contributed by atoms with van der Waals surface area (Å²) in [4.78, 5) is 19.5. The van der Waals surface area contributed by atoms with Crippen LogP contribution in [0.4, 0.5) is 4.39 Å². The summed E-state index contributed by atoms with van der Waals surface area (Å²) >= 11 is 1.74. The van der Waals surface area contributed by atoms with Crippen LogP contribution in [0.15, 0.2) is 168 Å². The molecule has 0 fully saturated rings. The van der Waals surface area contributed by atoms with E-state index < -0.39 is 0 Å². The third-order valence-corrected chi connectivity index (χ3v) is 11.4. The molecule has 0 saturated heterocycles. The fourth-order valence-corrected chi connectivity index (χ4v) is 8.75. The lowest BCUT2D eigenvalue weighted by Crippen LogP contribution is -2.01.